The Labute approximate surface area is 99.5 Å². The summed E-state index contributed by atoms with van der Waals surface area (Å²) in [5, 5.41) is 14.4. The van der Waals surface area contributed by atoms with Crippen LogP contribution in [0.4, 0.5) is 11.4 Å². The van der Waals surface area contributed by atoms with E-state index in [1.807, 2.05) is 48.5 Å². The summed E-state index contributed by atoms with van der Waals surface area (Å²) in [7, 11) is 0. The van der Waals surface area contributed by atoms with Crippen molar-refractivity contribution < 1.29 is 5.11 Å². The van der Waals surface area contributed by atoms with E-state index in [1.165, 1.54) is 6.34 Å². The molecule has 1 aliphatic heterocycles. The molecule has 1 unspecified atom stereocenters. The monoisotopic (exact) mass is 223 g/mol. The van der Waals surface area contributed by atoms with Crippen LogP contribution >= 0.6 is 0 Å². The molecule has 0 spiro atoms. The van der Waals surface area contributed by atoms with Gasteiger partial charge in [-0.1, -0.05) is 36.4 Å². The highest BCUT2D eigenvalue weighted by molar-refractivity contribution is 5.82. The van der Waals surface area contributed by atoms with Crippen LogP contribution in [0.3, 0.4) is 0 Å². The molecule has 1 aliphatic rings. The molecular formula is C14H11N2O. The number of aliphatic imine (C=N–C) groups is 1. The van der Waals surface area contributed by atoms with Gasteiger partial charge in [-0.25, -0.2) is 10.3 Å². The molecule has 3 nitrogen and oxygen atoms in total. The topological polar surface area (TPSA) is 46.7 Å². The summed E-state index contributed by atoms with van der Waals surface area (Å²) in [5.74, 6) is 0. The maximum atomic E-state index is 10.2. The maximum absolute atomic E-state index is 10.2. The van der Waals surface area contributed by atoms with Crippen LogP contribution < -0.4 is 5.32 Å². The van der Waals surface area contributed by atoms with E-state index in [0.717, 1.165) is 22.5 Å². The second-order valence-electron chi connectivity index (χ2n) is 3.94. The van der Waals surface area contributed by atoms with Crippen molar-refractivity contribution in [1.29, 1.82) is 0 Å². The number of benzene rings is 2. The zero-order chi connectivity index (χ0) is 11.7. The van der Waals surface area contributed by atoms with Crippen molar-refractivity contribution >= 4 is 17.7 Å². The van der Waals surface area contributed by atoms with Crippen molar-refractivity contribution in [1.82, 2.24) is 5.32 Å². The van der Waals surface area contributed by atoms with Crippen molar-refractivity contribution in [2.75, 3.05) is 0 Å². The Morgan fingerprint density at radius 1 is 0.882 bits per heavy atom. The van der Waals surface area contributed by atoms with E-state index in [2.05, 4.69) is 10.3 Å². The van der Waals surface area contributed by atoms with E-state index in [9.17, 15) is 5.11 Å². The number of aliphatic hydroxyl groups excluding tert-OH is 1. The zero-order valence-corrected chi connectivity index (χ0v) is 9.12. The smallest absolute Gasteiger partial charge is 0.116 e. The molecule has 1 heterocycles. The minimum Gasteiger partial charge on any atom is -0.384 e. The predicted octanol–water partition coefficient (Wildman–Crippen LogP) is 2.68. The lowest BCUT2D eigenvalue weighted by Gasteiger charge is -2.12. The standard InChI is InChI=1S/C14H11N2O/c17-14(10-4-2-1-3-5-10)11-6-7-12-13(8-11)16-9-15-12/h1-9,14,17H. The lowest BCUT2D eigenvalue weighted by atomic mass is 10.0. The quantitative estimate of drug-likeness (QED) is 0.835. The summed E-state index contributed by atoms with van der Waals surface area (Å²) in [6, 6.07) is 15.2. The molecule has 83 valence electrons. The molecule has 3 heteroatoms. The molecule has 0 aromatic heterocycles. The molecule has 2 aromatic rings. The number of nitrogens with zero attached hydrogens (tertiary/aromatic N) is 2. The average Bonchev–Trinajstić information content (AvgIpc) is 2.86. The predicted molar refractivity (Wildman–Crippen MR) is 66.9 cm³/mol. The molecule has 0 saturated carbocycles. The van der Waals surface area contributed by atoms with E-state index < -0.39 is 6.10 Å². The highest BCUT2D eigenvalue weighted by Gasteiger charge is 2.14. The second-order valence-corrected chi connectivity index (χ2v) is 3.94. The normalized spacial score (nSPS) is 14.2. The summed E-state index contributed by atoms with van der Waals surface area (Å²) in [4.78, 5) is 4.10. The van der Waals surface area contributed by atoms with Crippen LogP contribution in [0.15, 0.2) is 53.5 Å². The van der Waals surface area contributed by atoms with Crippen LogP contribution in [0.2, 0.25) is 0 Å². The van der Waals surface area contributed by atoms with Gasteiger partial charge in [0.05, 0.1) is 11.4 Å². The van der Waals surface area contributed by atoms with Gasteiger partial charge in [0.25, 0.3) is 0 Å². The summed E-state index contributed by atoms with van der Waals surface area (Å²) in [5.41, 5.74) is 3.39. The number of hydrogen-bond donors (Lipinski definition) is 1. The summed E-state index contributed by atoms with van der Waals surface area (Å²) in [6.07, 6.45) is 0.917. The Morgan fingerprint density at radius 2 is 1.71 bits per heavy atom. The zero-order valence-electron chi connectivity index (χ0n) is 9.12. The third kappa shape index (κ3) is 1.81. The van der Waals surface area contributed by atoms with E-state index in [4.69, 9.17) is 0 Å². The summed E-state index contributed by atoms with van der Waals surface area (Å²) >= 11 is 0. The van der Waals surface area contributed by atoms with Crippen LogP contribution in [0.25, 0.3) is 0 Å². The first-order valence-electron chi connectivity index (χ1n) is 5.45. The van der Waals surface area contributed by atoms with Gasteiger partial charge >= 0.3 is 0 Å². The third-order valence-electron chi connectivity index (χ3n) is 2.82. The summed E-state index contributed by atoms with van der Waals surface area (Å²) < 4.78 is 0. The Hall–Kier alpha value is -2.13. The third-order valence-corrected chi connectivity index (χ3v) is 2.82. The van der Waals surface area contributed by atoms with E-state index >= 15 is 0 Å². The van der Waals surface area contributed by atoms with Crippen molar-refractivity contribution in [2.24, 2.45) is 4.99 Å². The average molecular weight is 223 g/mol. The molecule has 1 N–H and O–H groups in total. The van der Waals surface area contributed by atoms with Gasteiger partial charge in [0.2, 0.25) is 0 Å². The van der Waals surface area contributed by atoms with Gasteiger partial charge in [-0.3, -0.25) is 0 Å². The fraction of sp³-hybridized carbons (Fsp3) is 0.0714. The van der Waals surface area contributed by atoms with Gasteiger partial charge in [-0.15, -0.1) is 0 Å². The molecule has 1 radical (unpaired) electrons. The van der Waals surface area contributed by atoms with Crippen LogP contribution in [0.5, 0.6) is 0 Å². The van der Waals surface area contributed by atoms with Crippen molar-refractivity contribution in [2.45, 2.75) is 6.10 Å². The highest BCUT2D eigenvalue weighted by atomic mass is 16.3. The first kappa shape index (κ1) is 10.1. The SMILES string of the molecule is OC(c1ccccc1)c1ccc2c(c1)[N]C=N2. The molecule has 0 saturated heterocycles. The first-order chi connectivity index (χ1) is 8.34. The Kier molecular flexibility index (Phi) is 2.38. The van der Waals surface area contributed by atoms with Crippen molar-refractivity contribution in [3.05, 3.63) is 59.7 Å². The highest BCUT2D eigenvalue weighted by Crippen LogP contribution is 2.32. The largest absolute Gasteiger partial charge is 0.384 e. The molecule has 0 amide bonds. The molecule has 0 bridgehead atoms. The van der Waals surface area contributed by atoms with Gasteiger partial charge in [0, 0.05) is 0 Å². The minimum absolute atomic E-state index is 0.614. The van der Waals surface area contributed by atoms with E-state index in [0.29, 0.717) is 0 Å². The molecular weight excluding hydrogens is 212 g/mol. The number of hydrogen-bond acceptors (Lipinski definition) is 2. The van der Waals surface area contributed by atoms with Gasteiger partial charge in [-0.2, -0.15) is 0 Å². The maximum Gasteiger partial charge on any atom is 0.116 e. The van der Waals surface area contributed by atoms with Gasteiger partial charge < -0.3 is 5.11 Å². The minimum atomic E-state index is -0.614. The lowest BCUT2D eigenvalue weighted by molar-refractivity contribution is 0.220. The van der Waals surface area contributed by atoms with Gasteiger partial charge in [0.1, 0.15) is 12.4 Å². The van der Waals surface area contributed by atoms with Crippen LogP contribution in [-0.2, 0) is 0 Å². The Balaban J connectivity index is 1.95. The number of aliphatic hydroxyl groups is 1. The molecule has 2 aromatic carbocycles. The fourth-order valence-electron chi connectivity index (χ4n) is 1.90. The van der Waals surface area contributed by atoms with E-state index in [-0.39, 0.29) is 0 Å². The molecule has 17 heavy (non-hydrogen) atoms. The Bertz CT molecular complexity index is 564. The van der Waals surface area contributed by atoms with Crippen LogP contribution in [-0.4, -0.2) is 11.4 Å². The lowest BCUT2D eigenvalue weighted by Crippen LogP contribution is -1.99. The second kappa shape index (κ2) is 4.03. The van der Waals surface area contributed by atoms with E-state index in [1.54, 1.807) is 0 Å². The number of fused-ring (bicyclic) bond motifs is 1. The molecule has 0 aliphatic carbocycles. The van der Waals surface area contributed by atoms with Crippen molar-refractivity contribution in [3.8, 4) is 0 Å². The number of rotatable bonds is 2. The molecule has 1 atom stereocenters. The molecule has 0 fully saturated rings. The Morgan fingerprint density at radius 3 is 2.53 bits per heavy atom. The van der Waals surface area contributed by atoms with Gasteiger partial charge in [0.15, 0.2) is 0 Å². The van der Waals surface area contributed by atoms with Gasteiger partial charge in [-0.05, 0) is 23.3 Å². The van der Waals surface area contributed by atoms with Crippen LogP contribution in [0.1, 0.15) is 17.2 Å². The summed E-state index contributed by atoms with van der Waals surface area (Å²) in [6.45, 7) is 0. The van der Waals surface area contributed by atoms with Crippen molar-refractivity contribution in [3.63, 3.8) is 0 Å². The fourth-order valence-corrected chi connectivity index (χ4v) is 1.90. The molecule has 3 rings (SSSR count). The van der Waals surface area contributed by atoms with Crippen LogP contribution in [0, 0.1) is 0 Å². The first-order valence-corrected chi connectivity index (χ1v) is 5.45.